The van der Waals surface area contributed by atoms with Gasteiger partial charge in [0.25, 0.3) is 0 Å². The van der Waals surface area contributed by atoms with Gasteiger partial charge in [0.2, 0.25) is 0 Å². The molecule has 0 aliphatic rings. The van der Waals surface area contributed by atoms with Crippen molar-refractivity contribution in [3.05, 3.63) is 35.4 Å². The number of rotatable bonds is 7. The van der Waals surface area contributed by atoms with Crippen LogP contribution in [0.3, 0.4) is 0 Å². The summed E-state index contributed by atoms with van der Waals surface area (Å²) >= 11 is 0. The molecule has 0 bridgehead atoms. The summed E-state index contributed by atoms with van der Waals surface area (Å²) in [6.45, 7) is 6.86. The molecule has 16 heavy (non-hydrogen) atoms. The van der Waals surface area contributed by atoms with E-state index in [1.54, 1.807) is 0 Å². The fourth-order valence-electron chi connectivity index (χ4n) is 2.04. The van der Waals surface area contributed by atoms with Crippen LogP contribution in [0.4, 0.5) is 0 Å². The predicted molar refractivity (Wildman–Crippen MR) is 72.8 cm³/mol. The molecule has 0 spiro atoms. The van der Waals surface area contributed by atoms with E-state index in [9.17, 15) is 0 Å². The van der Waals surface area contributed by atoms with E-state index in [1.165, 1.54) is 49.7 Å². The molecule has 0 aromatic heterocycles. The van der Waals surface area contributed by atoms with E-state index in [-0.39, 0.29) is 0 Å². The van der Waals surface area contributed by atoms with Crippen LogP contribution >= 0.6 is 0 Å². The van der Waals surface area contributed by atoms with Crippen LogP contribution in [0.25, 0.3) is 0 Å². The van der Waals surface area contributed by atoms with Crippen molar-refractivity contribution in [2.24, 2.45) is 5.92 Å². The van der Waals surface area contributed by atoms with Crippen molar-refractivity contribution >= 4 is 0 Å². The molecule has 0 nitrogen and oxygen atoms in total. The van der Waals surface area contributed by atoms with Gasteiger partial charge in [-0.1, -0.05) is 57.9 Å². The number of aryl methyl sites for hydroxylation is 2. The predicted octanol–water partition coefficient (Wildman–Crippen LogP) is 5.01. The van der Waals surface area contributed by atoms with Gasteiger partial charge in [-0.25, -0.2) is 0 Å². The Bertz CT molecular complexity index is 286. The fourth-order valence-corrected chi connectivity index (χ4v) is 2.04. The number of unbranched alkanes of at least 4 members (excludes halogenated alkanes) is 1. The molecule has 0 aliphatic carbocycles. The maximum Gasteiger partial charge on any atom is -0.0279 e. The van der Waals surface area contributed by atoms with Crippen molar-refractivity contribution in [2.45, 2.75) is 59.3 Å². The van der Waals surface area contributed by atoms with Gasteiger partial charge in [-0.3, -0.25) is 0 Å². The fraction of sp³-hybridized carbons (Fsp3) is 0.625. The Kier molecular flexibility index (Phi) is 6.22. The van der Waals surface area contributed by atoms with Gasteiger partial charge in [-0.2, -0.15) is 0 Å². The highest BCUT2D eigenvalue weighted by Gasteiger charge is 1.98. The lowest BCUT2D eigenvalue weighted by Gasteiger charge is -2.06. The quantitative estimate of drug-likeness (QED) is 0.603. The van der Waals surface area contributed by atoms with Crippen LogP contribution < -0.4 is 0 Å². The summed E-state index contributed by atoms with van der Waals surface area (Å²) in [4.78, 5) is 0. The lowest BCUT2D eigenvalue weighted by molar-refractivity contribution is 0.555. The molecular formula is C16H26. The molecule has 1 rings (SSSR count). The molecular weight excluding hydrogens is 192 g/mol. The summed E-state index contributed by atoms with van der Waals surface area (Å²) in [5.74, 6) is 0.836. The zero-order valence-corrected chi connectivity index (χ0v) is 11.1. The van der Waals surface area contributed by atoms with Crippen LogP contribution in [0.5, 0.6) is 0 Å². The SMILES string of the molecule is CCCCc1cccc(CCCC(C)C)c1. The second-order valence-electron chi connectivity index (χ2n) is 5.21. The third kappa shape index (κ3) is 5.34. The molecule has 1 aromatic rings. The summed E-state index contributed by atoms with van der Waals surface area (Å²) in [5, 5.41) is 0. The molecule has 90 valence electrons. The van der Waals surface area contributed by atoms with Gasteiger partial charge in [-0.05, 0) is 42.7 Å². The molecule has 0 N–H and O–H groups in total. The van der Waals surface area contributed by atoms with Crippen LogP contribution in [0.2, 0.25) is 0 Å². The first kappa shape index (κ1) is 13.3. The smallest absolute Gasteiger partial charge is 0.0279 e. The second-order valence-corrected chi connectivity index (χ2v) is 5.21. The molecule has 0 saturated heterocycles. The van der Waals surface area contributed by atoms with Gasteiger partial charge in [0.1, 0.15) is 0 Å². The zero-order chi connectivity index (χ0) is 11.8. The molecule has 0 heteroatoms. The lowest BCUT2D eigenvalue weighted by Crippen LogP contribution is -1.92. The van der Waals surface area contributed by atoms with Gasteiger partial charge in [-0.15, -0.1) is 0 Å². The molecule has 0 unspecified atom stereocenters. The Hall–Kier alpha value is -0.780. The first-order valence-corrected chi connectivity index (χ1v) is 6.80. The topological polar surface area (TPSA) is 0 Å². The van der Waals surface area contributed by atoms with Crippen molar-refractivity contribution in [3.63, 3.8) is 0 Å². The Morgan fingerprint density at radius 3 is 2.19 bits per heavy atom. The van der Waals surface area contributed by atoms with Crippen LogP contribution in [0.1, 0.15) is 57.6 Å². The average Bonchev–Trinajstić information content (AvgIpc) is 2.26. The van der Waals surface area contributed by atoms with Gasteiger partial charge < -0.3 is 0 Å². The van der Waals surface area contributed by atoms with Crippen molar-refractivity contribution in [2.75, 3.05) is 0 Å². The van der Waals surface area contributed by atoms with Gasteiger partial charge >= 0.3 is 0 Å². The standard InChI is InChI=1S/C16H26/c1-4-5-9-15-11-7-12-16(13-15)10-6-8-14(2)3/h7,11-14H,4-6,8-10H2,1-3H3. The largest absolute Gasteiger partial charge is 0.0654 e. The van der Waals surface area contributed by atoms with E-state index in [2.05, 4.69) is 45.0 Å². The first-order valence-electron chi connectivity index (χ1n) is 6.80. The monoisotopic (exact) mass is 218 g/mol. The Morgan fingerprint density at radius 2 is 1.62 bits per heavy atom. The van der Waals surface area contributed by atoms with Crippen molar-refractivity contribution in [1.29, 1.82) is 0 Å². The van der Waals surface area contributed by atoms with E-state index in [0.29, 0.717) is 0 Å². The van der Waals surface area contributed by atoms with Crippen molar-refractivity contribution in [3.8, 4) is 0 Å². The molecule has 0 aliphatic heterocycles. The van der Waals surface area contributed by atoms with E-state index >= 15 is 0 Å². The first-order chi connectivity index (χ1) is 7.72. The molecule has 0 saturated carbocycles. The summed E-state index contributed by atoms with van der Waals surface area (Å²) in [6.07, 6.45) is 7.77. The maximum absolute atomic E-state index is 2.40. The minimum atomic E-state index is 0.836. The Balaban J connectivity index is 2.40. The third-order valence-electron chi connectivity index (χ3n) is 3.06. The van der Waals surface area contributed by atoms with Gasteiger partial charge in [0.05, 0.1) is 0 Å². The minimum Gasteiger partial charge on any atom is -0.0654 e. The highest BCUT2D eigenvalue weighted by Crippen LogP contribution is 2.13. The molecule has 0 atom stereocenters. The normalized spacial score (nSPS) is 11.0. The van der Waals surface area contributed by atoms with E-state index in [1.807, 2.05) is 0 Å². The molecule has 0 heterocycles. The summed E-state index contributed by atoms with van der Waals surface area (Å²) in [6, 6.07) is 9.16. The van der Waals surface area contributed by atoms with E-state index in [4.69, 9.17) is 0 Å². The summed E-state index contributed by atoms with van der Waals surface area (Å²) in [5.41, 5.74) is 3.04. The highest BCUT2D eigenvalue weighted by molar-refractivity contribution is 5.23. The number of hydrogen-bond acceptors (Lipinski definition) is 0. The second kappa shape index (κ2) is 7.49. The van der Waals surface area contributed by atoms with Crippen molar-refractivity contribution < 1.29 is 0 Å². The van der Waals surface area contributed by atoms with Crippen LogP contribution in [0.15, 0.2) is 24.3 Å². The maximum atomic E-state index is 2.40. The third-order valence-corrected chi connectivity index (χ3v) is 3.06. The highest BCUT2D eigenvalue weighted by atomic mass is 14.0. The molecule has 0 fully saturated rings. The summed E-state index contributed by atoms with van der Waals surface area (Å²) < 4.78 is 0. The number of benzene rings is 1. The number of hydrogen-bond donors (Lipinski definition) is 0. The molecule has 0 radical (unpaired) electrons. The average molecular weight is 218 g/mol. The Labute approximate surface area is 101 Å². The molecule has 0 amide bonds. The zero-order valence-electron chi connectivity index (χ0n) is 11.1. The summed E-state index contributed by atoms with van der Waals surface area (Å²) in [7, 11) is 0. The van der Waals surface area contributed by atoms with Crippen LogP contribution in [0, 0.1) is 5.92 Å². The minimum absolute atomic E-state index is 0.836. The van der Waals surface area contributed by atoms with E-state index < -0.39 is 0 Å². The lowest BCUT2D eigenvalue weighted by atomic mass is 10.00. The van der Waals surface area contributed by atoms with Gasteiger partial charge in [0, 0.05) is 0 Å². The van der Waals surface area contributed by atoms with E-state index in [0.717, 1.165) is 5.92 Å². The molecule has 1 aromatic carbocycles. The Morgan fingerprint density at radius 1 is 1.00 bits per heavy atom. The van der Waals surface area contributed by atoms with Gasteiger partial charge in [0.15, 0.2) is 0 Å². The van der Waals surface area contributed by atoms with Crippen LogP contribution in [-0.2, 0) is 12.8 Å². The van der Waals surface area contributed by atoms with Crippen LogP contribution in [-0.4, -0.2) is 0 Å². The van der Waals surface area contributed by atoms with Crippen molar-refractivity contribution in [1.82, 2.24) is 0 Å².